The minimum Gasteiger partial charge on any atom is -0.314 e. The van der Waals surface area contributed by atoms with Crippen LogP contribution in [0.15, 0.2) is 0 Å². The van der Waals surface area contributed by atoms with Gasteiger partial charge in [-0.05, 0) is 51.5 Å². The molecule has 0 aromatic rings. The molecule has 1 N–H and O–H groups in total. The van der Waals surface area contributed by atoms with Crippen molar-refractivity contribution in [1.29, 1.82) is 0 Å². The van der Waals surface area contributed by atoms with Crippen LogP contribution in [0.1, 0.15) is 52.4 Å². The smallest absolute Gasteiger partial charge is 0.214 e. The average molecular weight is 288 g/mol. The average Bonchev–Trinajstić information content (AvgIpc) is 2.41. The second kappa shape index (κ2) is 6.55. The van der Waals surface area contributed by atoms with Crippen LogP contribution in [0.3, 0.4) is 0 Å². The van der Waals surface area contributed by atoms with E-state index in [-0.39, 0.29) is 6.04 Å². The van der Waals surface area contributed by atoms with Crippen LogP contribution in [0.5, 0.6) is 0 Å². The molecule has 3 unspecified atom stereocenters. The zero-order valence-corrected chi connectivity index (χ0v) is 13.1. The summed E-state index contributed by atoms with van der Waals surface area (Å²) in [5, 5.41) is 3.43. The van der Waals surface area contributed by atoms with E-state index in [2.05, 4.69) is 19.2 Å². The van der Waals surface area contributed by atoms with Crippen LogP contribution < -0.4 is 5.32 Å². The number of sulfonamides is 1. The van der Waals surface area contributed by atoms with Crippen LogP contribution >= 0.6 is 0 Å². The first-order valence-corrected chi connectivity index (χ1v) is 9.34. The van der Waals surface area contributed by atoms with E-state index in [1.807, 2.05) is 0 Å². The third kappa shape index (κ3) is 3.92. The lowest BCUT2D eigenvalue weighted by atomic mass is 9.94. The minimum atomic E-state index is -3.07. The van der Waals surface area contributed by atoms with Crippen molar-refractivity contribution >= 4 is 10.0 Å². The molecular weight excluding hydrogens is 260 g/mol. The van der Waals surface area contributed by atoms with Crippen LogP contribution in [0.2, 0.25) is 0 Å². The summed E-state index contributed by atoms with van der Waals surface area (Å²) in [7, 11) is -3.07. The monoisotopic (exact) mass is 288 g/mol. The minimum absolute atomic E-state index is 0.165. The third-order valence-corrected chi connectivity index (χ3v) is 6.79. The summed E-state index contributed by atoms with van der Waals surface area (Å²) in [6, 6.07) is 0.569. The van der Waals surface area contributed by atoms with Gasteiger partial charge in [-0.2, -0.15) is 4.31 Å². The van der Waals surface area contributed by atoms with Crippen LogP contribution in [0.25, 0.3) is 0 Å². The van der Waals surface area contributed by atoms with Crippen molar-refractivity contribution < 1.29 is 8.42 Å². The molecule has 112 valence electrons. The standard InChI is InChI=1S/C14H28N2O2S/c1-12-6-5-10-16(13(12)2)19(17,18)11-8-14-7-3-4-9-15-14/h12-15H,3-11H2,1-2H3. The van der Waals surface area contributed by atoms with Crippen molar-refractivity contribution in [1.82, 2.24) is 9.62 Å². The van der Waals surface area contributed by atoms with Crippen LogP contribution in [-0.2, 0) is 10.0 Å². The van der Waals surface area contributed by atoms with E-state index < -0.39 is 10.0 Å². The number of rotatable bonds is 4. The highest BCUT2D eigenvalue weighted by atomic mass is 32.2. The number of hydrogen-bond donors (Lipinski definition) is 1. The number of piperidine rings is 2. The molecule has 19 heavy (non-hydrogen) atoms. The highest BCUT2D eigenvalue weighted by molar-refractivity contribution is 7.89. The van der Waals surface area contributed by atoms with Crippen molar-refractivity contribution in [2.45, 2.75) is 64.5 Å². The SMILES string of the molecule is CC1CCCN(S(=O)(=O)CCC2CCCCN2)C1C. The zero-order chi connectivity index (χ0) is 13.9. The molecule has 0 bridgehead atoms. The van der Waals surface area contributed by atoms with Gasteiger partial charge in [0.15, 0.2) is 0 Å². The predicted molar refractivity (Wildman–Crippen MR) is 78.6 cm³/mol. The molecule has 0 radical (unpaired) electrons. The predicted octanol–water partition coefficient (Wildman–Crippen LogP) is 1.97. The van der Waals surface area contributed by atoms with Crippen molar-refractivity contribution in [3.63, 3.8) is 0 Å². The molecule has 2 rings (SSSR count). The Morgan fingerprint density at radius 2 is 1.95 bits per heavy atom. The Hall–Kier alpha value is -0.130. The Labute approximate surface area is 118 Å². The molecule has 5 heteroatoms. The maximum Gasteiger partial charge on any atom is 0.214 e. The molecule has 2 saturated heterocycles. The van der Waals surface area contributed by atoms with Gasteiger partial charge < -0.3 is 5.32 Å². The molecule has 2 aliphatic heterocycles. The van der Waals surface area contributed by atoms with Gasteiger partial charge in [0.25, 0.3) is 0 Å². The van der Waals surface area contributed by atoms with Gasteiger partial charge in [0, 0.05) is 18.6 Å². The van der Waals surface area contributed by atoms with Gasteiger partial charge in [0.05, 0.1) is 5.75 Å². The first kappa shape index (κ1) is 15.3. The van der Waals surface area contributed by atoms with Gasteiger partial charge in [-0.15, -0.1) is 0 Å². The Morgan fingerprint density at radius 1 is 1.16 bits per heavy atom. The van der Waals surface area contributed by atoms with E-state index in [1.165, 1.54) is 12.8 Å². The fourth-order valence-corrected chi connectivity index (χ4v) is 5.21. The summed E-state index contributed by atoms with van der Waals surface area (Å²) >= 11 is 0. The summed E-state index contributed by atoms with van der Waals surface area (Å²) in [6.45, 7) is 5.98. The zero-order valence-electron chi connectivity index (χ0n) is 12.3. The lowest BCUT2D eigenvalue weighted by Crippen LogP contribution is -2.47. The lowest BCUT2D eigenvalue weighted by Gasteiger charge is -2.37. The molecule has 0 aromatic heterocycles. The van der Waals surface area contributed by atoms with Crippen LogP contribution in [0, 0.1) is 5.92 Å². The van der Waals surface area contributed by atoms with E-state index in [1.54, 1.807) is 4.31 Å². The molecular formula is C14H28N2O2S. The maximum absolute atomic E-state index is 12.5. The van der Waals surface area contributed by atoms with Gasteiger partial charge in [-0.25, -0.2) is 8.42 Å². The van der Waals surface area contributed by atoms with E-state index in [0.29, 0.717) is 24.3 Å². The first-order chi connectivity index (χ1) is 9.00. The summed E-state index contributed by atoms with van der Waals surface area (Å²) in [4.78, 5) is 0. The normalized spacial score (nSPS) is 34.3. The summed E-state index contributed by atoms with van der Waals surface area (Å²) in [6.07, 6.45) is 6.50. The van der Waals surface area contributed by atoms with Crippen LogP contribution in [0.4, 0.5) is 0 Å². The molecule has 0 aliphatic carbocycles. The summed E-state index contributed by atoms with van der Waals surface area (Å²) < 4.78 is 26.7. The molecule has 2 aliphatic rings. The number of hydrogen-bond acceptors (Lipinski definition) is 3. The van der Waals surface area contributed by atoms with E-state index >= 15 is 0 Å². The largest absolute Gasteiger partial charge is 0.314 e. The number of nitrogens with zero attached hydrogens (tertiary/aromatic N) is 1. The number of nitrogens with one attached hydrogen (secondary N) is 1. The quantitative estimate of drug-likeness (QED) is 0.860. The summed E-state index contributed by atoms with van der Waals surface area (Å²) in [5.74, 6) is 0.790. The molecule has 2 fully saturated rings. The molecule has 0 spiro atoms. The highest BCUT2D eigenvalue weighted by Crippen LogP contribution is 2.26. The Bertz CT molecular complexity index is 377. The topological polar surface area (TPSA) is 49.4 Å². The lowest BCUT2D eigenvalue weighted by molar-refractivity contribution is 0.202. The van der Waals surface area contributed by atoms with Crippen molar-refractivity contribution in [3.8, 4) is 0 Å². The molecule has 0 amide bonds. The molecule has 0 aromatic carbocycles. The van der Waals surface area contributed by atoms with Gasteiger partial charge in [-0.3, -0.25) is 0 Å². The van der Waals surface area contributed by atoms with Gasteiger partial charge >= 0.3 is 0 Å². The Morgan fingerprint density at radius 3 is 2.63 bits per heavy atom. The second-order valence-electron chi connectivity index (χ2n) is 6.22. The Kier molecular flexibility index (Phi) is 5.26. The van der Waals surface area contributed by atoms with E-state index in [4.69, 9.17) is 0 Å². The second-order valence-corrected chi connectivity index (χ2v) is 8.26. The van der Waals surface area contributed by atoms with Gasteiger partial charge in [-0.1, -0.05) is 13.3 Å². The Balaban J connectivity index is 1.89. The molecule has 2 heterocycles. The first-order valence-electron chi connectivity index (χ1n) is 7.73. The van der Waals surface area contributed by atoms with Crippen molar-refractivity contribution in [2.24, 2.45) is 5.92 Å². The van der Waals surface area contributed by atoms with Gasteiger partial charge in [0.2, 0.25) is 10.0 Å². The highest BCUT2D eigenvalue weighted by Gasteiger charge is 2.33. The maximum atomic E-state index is 12.5. The van der Waals surface area contributed by atoms with Crippen molar-refractivity contribution in [3.05, 3.63) is 0 Å². The summed E-state index contributed by atoms with van der Waals surface area (Å²) in [5.41, 5.74) is 0. The molecule has 4 nitrogen and oxygen atoms in total. The fourth-order valence-electron chi connectivity index (χ4n) is 3.27. The van der Waals surface area contributed by atoms with E-state index in [9.17, 15) is 8.42 Å². The molecule has 0 saturated carbocycles. The van der Waals surface area contributed by atoms with Crippen molar-refractivity contribution in [2.75, 3.05) is 18.8 Å². The third-order valence-electron chi connectivity index (χ3n) is 4.81. The fraction of sp³-hybridized carbons (Fsp3) is 1.00. The van der Waals surface area contributed by atoms with Crippen LogP contribution in [-0.4, -0.2) is 43.6 Å². The molecule has 3 atom stereocenters. The van der Waals surface area contributed by atoms with Gasteiger partial charge in [0.1, 0.15) is 0 Å². The van der Waals surface area contributed by atoms with E-state index in [0.717, 1.165) is 32.2 Å².